The summed E-state index contributed by atoms with van der Waals surface area (Å²) in [6.45, 7) is 4.96. The highest BCUT2D eigenvalue weighted by Gasteiger charge is 2.20. The third-order valence-corrected chi connectivity index (χ3v) is 8.78. The number of phosphoric acid groups is 1. The Bertz CT molecular complexity index is 1240. The van der Waals surface area contributed by atoms with Gasteiger partial charge in [-0.25, -0.2) is 0 Å². The molecule has 0 fully saturated rings. The molecule has 0 saturated heterocycles. The molecule has 0 amide bonds. The fourth-order valence-electron chi connectivity index (χ4n) is 4.68. The second kappa shape index (κ2) is 38.1. The highest BCUT2D eigenvalue weighted by Crippen LogP contribution is 2.38. The molecule has 0 aliphatic carbocycles. The normalized spacial score (nSPS) is 14.9. The maximum absolute atomic E-state index is 12.6. The fraction of sp³-hybridized carbons (Fsp3) is 0.587. The van der Waals surface area contributed by atoms with Crippen molar-refractivity contribution < 1.29 is 37.3 Å². The van der Waals surface area contributed by atoms with Gasteiger partial charge in [0.2, 0.25) is 0 Å². The van der Waals surface area contributed by atoms with Gasteiger partial charge in [-0.3, -0.25) is 9.36 Å². The van der Waals surface area contributed by atoms with Gasteiger partial charge in [0.15, 0.2) is 0 Å². The van der Waals surface area contributed by atoms with Crippen LogP contribution in [-0.4, -0.2) is 70.7 Å². The zero-order valence-corrected chi connectivity index (χ0v) is 36.0. The number of carbonyl (C=O) groups excluding carboxylic acids is 1. The molecule has 0 bridgehead atoms. The summed E-state index contributed by atoms with van der Waals surface area (Å²) in [6.07, 6.45) is 52.6. The number of likely N-dealkylation sites (N-methyl/N-ethyl adjacent to an activating group) is 1. The van der Waals surface area contributed by atoms with Crippen LogP contribution in [0.5, 0.6) is 0 Å². The molecule has 0 aromatic carbocycles. The van der Waals surface area contributed by atoms with Crippen LogP contribution in [0.4, 0.5) is 0 Å². The van der Waals surface area contributed by atoms with Crippen molar-refractivity contribution in [1.29, 1.82) is 0 Å². The maximum atomic E-state index is 12.6. The molecule has 9 heteroatoms. The molecular weight excluding hydrogens is 709 g/mol. The lowest BCUT2D eigenvalue weighted by atomic mass is 10.2. The SMILES string of the molecule is CC/C=C\C/C=C\C/C=C\C/C=C\C/C=C\CCCCOCC(COP(=O)([O-])OCC[N+](C)(C)C)OC(=O)CCCC/C=C\C/C=C\C/C=C\C/C=C\CC. The smallest absolute Gasteiger partial charge is 0.306 e. The van der Waals surface area contributed by atoms with E-state index in [1.807, 2.05) is 21.1 Å². The molecule has 2 unspecified atom stereocenters. The third kappa shape index (κ3) is 42.1. The van der Waals surface area contributed by atoms with Crippen LogP contribution in [0.3, 0.4) is 0 Å². The molecule has 55 heavy (non-hydrogen) atoms. The lowest BCUT2D eigenvalue weighted by Crippen LogP contribution is -2.37. The number of esters is 1. The number of carbonyl (C=O) groups is 1. The van der Waals surface area contributed by atoms with Gasteiger partial charge in [0.05, 0.1) is 34.4 Å². The van der Waals surface area contributed by atoms with Crippen molar-refractivity contribution >= 4 is 13.8 Å². The molecule has 0 N–H and O–H groups in total. The van der Waals surface area contributed by atoms with Gasteiger partial charge < -0.3 is 27.9 Å². The number of unbranched alkanes of at least 4 members (excludes halogenated alkanes) is 4. The molecule has 0 heterocycles. The van der Waals surface area contributed by atoms with Gasteiger partial charge >= 0.3 is 5.97 Å². The molecule has 0 aromatic rings. The van der Waals surface area contributed by atoms with Crippen molar-refractivity contribution in [3.63, 3.8) is 0 Å². The first-order chi connectivity index (χ1) is 26.6. The number of rotatable bonds is 36. The van der Waals surface area contributed by atoms with E-state index in [9.17, 15) is 14.3 Å². The minimum atomic E-state index is -4.55. The predicted octanol–water partition coefficient (Wildman–Crippen LogP) is 11.4. The van der Waals surface area contributed by atoms with Gasteiger partial charge in [0, 0.05) is 13.0 Å². The third-order valence-electron chi connectivity index (χ3n) is 7.82. The van der Waals surface area contributed by atoms with E-state index in [0.29, 0.717) is 24.1 Å². The van der Waals surface area contributed by atoms with Crippen molar-refractivity contribution in [2.75, 3.05) is 54.1 Å². The van der Waals surface area contributed by atoms with Crippen molar-refractivity contribution in [2.24, 2.45) is 0 Å². The average Bonchev–Trinajstić information content (AvgIpc) is 3.13. The zero-order chi connectivity index (χ0) is 40.6. The standard InChI is InChI=1S/C46H76NO7P/c1-6-8-10-12-14-16-18-20-22-23-24-26-28-30-32-34-36-38-41-51-43-45(44-53-55(49,50)52-42-40-47(3,4)5)54-46(48)39-37-35-33-31-29-27-25-21-19-17-15-13-11-9-7-2/h8-11,14-17,20-22,24-26,29-32,45H,6-7,12-13,18-19,23,27-28,33-44H2,1-5H3/b10-8-,11-9-,16-14-,17-15-,22-20-,25-21-,26-24-,31-29-,32-30-. The van der Waals surface area contributed by atoms with E-state index in [0.717, 1.165) is 89.9 Å². The van der Waals surface area contributed by atoms with Crippen LogP contribution in [0.1, 0.15) is 117 Å². The van der Waals surface area contributed by atoms with E-state index in [4.69, 9.17) is 18.5 Å². The topological polar surface area (TPSA) is 94.1 Å². The number of allylic oxidation sites excluding steroid dienone is 18. The number of phosphoric ester groups is 1. The molecule has 0 saturated carbocycles. The largest absolute Gasteiger partial charge is 0.756 e. The summed E-state index contributed by atoms with van der Waals surface area (Å²) in [5, 5.41) is 0. The van der Waals surface area contributed by atoms with Crippen LogP contribution in [0.2, 0.25) is 0 Å². The van der Waals surface area contributed by atoms with Crippen LogP contribution in [0.25, 0.3) is 0 Å². The Morgan fingerprint density at radius 3 is 1.42 bits per heavy atom. The van der Waals surface area contributed by atoms with Gasteiger partial charge in [-0.1, -0.05) is 123 Å². The van der Waals surface area contributed by atoms with E-state index in [1.54, 1.807) is 0 Å². The van der Waals surface area contributed by atoms with Gasteiger partial charge in [0.25, 0.3) is 7.82 Å². The number of ether oxygens (including phenoxy) is 2. The summed E-state index contributed by atoms with van der Waals surface area (Å²) in [5.41, 5.74) is 0. The van der Waals surface area contributed by atoms with Crippen LogP contribution in [0, 0.1) is 0 Å². The zero-order valence-electron chi connectivity index (χ0n) is 35.1. The first-order valence-electron chi connectivity index (χ1n) is 20.6. The van der Waals surface area contributed by atoms with E-state index in [1.165, 1.54) is 0 Å². The Balaban J connectivity index is 4.46. The van der Waals surface area contributed by atoms with Crippen LogP contribution >= 0.6 is 7.82 Å². The van der Waals surface area contributed by atoms with Gasteiger partial charge in [0.1, 0.15) is 19.3 Å². The van der Waals surface area contributed by atoms with Crippen LogP contribution in [-0.2, 0) is 27.9 Å². The summed E-state index contributed by atoms with van der Waals surface area (Å²) in [6, 6.07) is 0. The molecule has 0 aliphatic heterocycles. The monoisotopic (exact) mass is 786 g/mol. The lowest BCUT2D eigenvalue weighted by molar-refractivity contribution is -0.870. The minimum absolute atomic E-state index is 0.00238. The van der Waals surface area contributed by atoms with E-state index in [-0.39, 0.29) is 26.2 Å². The van der Waals surface area contributed by atoms with Crippen molar-refractivity contribution in [1.82, 2.24) is 0 Å². The van der Waals surface area contributed by atoms with Gasteiger partial charge in [-0.15, -0.1) is 0 Å². The fourth-order valence-corrected chi connectivity index (χ4v) is 5.41. The van der Waals surface area contributed by atoms with E-state index >= 15 is 0 Å². The highest BCUT2D eigenvalue weighted by atomic mass is 31.2. The van der Waals surface area contributed by atoms with Crippen molar-refractivity contribution in [3.05, 3.63) is 109 Å². The first-order valence-corrected chi connectivity index (χ1v) is 22.1. The predicted molar refractivity (Wildman–Crippen MR) is 231 cm³/mol. The Kier molecular flexibility index (Phi) is 36.1. The number of hydrogen-bond donors (Lipinski definition) is 0. The molecule has 0 radical (unpaired) electrons. The highest BCUT2D eigenvalue weighted by molar-refractivity contribution is 7.45. The summed E-state index contributed by atoms with van der Waals surface area (Å²) in [4.78, 5) is 25.0. The maximum Gasteiger partial charge on any atom is 0.306 e. The molecule has 0 aliphatic rings. The average molecular weight is 786 g/mol. The summed E-state index contributed by atoms with van der Waals surface area (Å²) in [5.74, 6) is -0.396. The molecular formula is C46H76NO7P. The van der Waals surface area contributed by atoms with Crippen molar-refractivity contribution in [3.8, 4) is 0 Å². The molecule has 2 atom stereocenters. The van der Waals surface area contributed by atoms with Crippen LogP contribution in [0.15, 0.2) is 109 Å². The Hall–Kier alpha value is -2.84. The second-order valence-electron chi connectivity index (χ2n) is 14.2. The Labute approximate surface area is 336 Å². The van der Waals surface area contributed by atoms with Gasteiger partial charge in [-0.2, -0.15) is 0 Å². The Morgan fingerprint density at radius 2 is 0.982 bits per heavy atom. The first kappa shape index (κ1) is 52.2. The van der Waals surface area contributed by atoms with Crippen molar-refractivity contribution in [2.45, 2.75) is 123 Å². The number of hydrogen-bond acceptors (Lipinski definition) is 7. The number of nitrogens with zero attached hydrogens (tertiary/aromatic N) is 1. The van der Waals surface area contributed by atoms with E-state index < -0.39 is 19.9 Å². The molecule has 8 nitrogen and oxygen atoms in total. The van der Waals surface area contributed by atoms with E-state index in [2.05, 4.69) is 123 Å². The lowest BCUT2D eigenvalue weighted by Gasteiger charge is -2.28. The quantitative estimate of drug-likeness (QED) is 0.0205. The second-order valence-corrected chi connectivity index (χ2v) is 15.6. The summed E-state index contributed by atoms with van der Waals surface area (Å²) < 4.78 is 34.4. The number of quaternary nitrogens is 1. The van der Waals surface area contributed by atoms with Crippen LogP contribution < -0.4 is 4.89 Å². The Morgan fingerprint density at radius 1 is 0.564 bits per heavy atom. The van der Waals surface area contributed by atoms with Gasteiger partial charge in [-0.05, 0) is 96.3 Å². The molecule has 0 rings (SSSR count). The summed E-state index contributed by atoms with van der Waals surface area (Å²) in [7, 11) is 1.28. The molecule has 0 aromatic heterocycles. The molecule has 312 valence electrons. The summed E-state index contributed by atoms with van der Waals surface area (Å²) >= 11 is 0. The minimum Gasteiger partial charge on any atom is -0.756 e. The molecule has 0 spiro atoms.